The van der Waals surface area contributed by atoms with Crippen LogP contribution in [0.2, 0.25) is 0 Å². The zero-order valence-corrected chi connectivity index (χ0v) is 16.0. The Balaban J connectivity index is 1.71. The Kier molecular flexibility index (Phi) is 7.06. The second-order valence-corrected chi connectivity index (χ2v) is 7.09. The number of alkyl carbamates (subject to hydrolysis) is 1. The summed E-state index contributed by atoms with van der Waals surface area (Å²) in [5, 5.41) is 6.20. The molecule has 0 aromatic carbocycles. The van der Waals surface area contributed by atoms with E-state index in [1.165, 1.54) is 0 Å². The van der Waals surface area contributed by atoms with E-state index < -0.39 is 5.60 Å². The lowest BCUT2D eigenvalue weighted by Crippen LogP contribution is -2.44. The minimum Gasteiger partial charge on any atom is -0.490 e. The molecule has 0 aliphatic carbocycles. The van der Waals surface area contributed by atoms with Gasteiger partial charge >= 0.3 is 6.09 Å². The molecule has 1 aromatic rings. The van der Waals surface area contributed by atoms with Crippen LogP contribution in [0, 0.1) is 0 Å². The van der Waals surface area contributed by atoms with Gasteiger partial charge in [0.05, 0.1) is 18.8 Å². The number of likely N-dealkylation sites (tertiary alicyclic amines) is 1. The van der Waals surface area contributed by atoms with Crippen LogP contribution in [0.3, 0.4) is 0 Å². The number of carbonyl (C=O) groups excluding carboxylic acids is 1. The van der Waals surface area contributed by atoms with E-state index in [9.17, 15) is 4.79 Å². The number of nitrogens with one attached hydrogen (secondary N) is 2. The van der Waals surface area contributed by atoms with Crippen LogP contribution in [0.15, 0.2) is 29.5 Å². The van der Waals surface area contributed by atoms with Gasteiger partial charge in [-0.25, -0.2) is 4.79 Å². The molecule has 1 unspecified atom stereocenters. The SMILES string of the molecule is CN=C(NCCOc1cccnc1)N1CCC(NC(=O)OC(C)(C)C)C1. The third-order valence-electron chi connectivity index (χ3n) is 3.71. The lowest BCUT2D eigenvalue weighted by molar-refractivity contribution is 0.0507. The van der Waals surface area contributed by atoms with Crippen LogP contribution >= 0.6 is 0 Å². The first-order chi connectivity index (χ1) is 12.4. The number of carbonyl (C=O) groups is 1. The van der Waals surface area contributed by atoms with E-state index in [0.717, 1.165) is 24.7 Å². The third-order valence-corrected chi connectivity index (χ3v) is 3.71. The van der Waals surface area contributed by atoms with Gasteiger partial charge in [0.15, 0.2) is 5.96 Å². The molecule has 1 aromatic heterocycles. The van der Waals surface area contributed by atoms with Crippen molar-refractivity contribution in [1.82, 2.24) is 20.5 Å². The molecule has 2 heterocycles. The molecule has 8 heteroatoms. The zero-order valence-electron chi connectivity index (χ0n) is 16.0. The summed E-state index contributed by atoms with van der Waals surface area (Å²) in [6, 6.07) is 3.76. The number of pyridine rings is 1. The average Bonchev–Trinajstić information content (AvgIpc) is 3.02. The van der Waals surface area contributed by atoms with E-state index in [1.54, 1.807) is 19.4 Å². The van der Waals surface area contributed by atoms with Crippen LogP contribution in [0.5, 0.6) is 5.75 Å². The first-order valence-corrected chi connectivity index (χ1v) is 8.85. The predicted molar refractivity (Wildman–Crippen MR) is 100 cm³/mol. The maximum absolute atomic E-state index is 11.9. The van der Waals surface area contributed by atoms with Gasteiger partial charge in [0.2, 0.25) is 0 Å². The number of nitrogens with zero attached hydrogens (tertiary/aromatic N) is 3. The molecule has 1 saturated heterocycles. The summed E-state index contributed by atoms with van der Waals surface area (Å²) in [6.45, 7) is 8.22. The molecule has 2 N–H and O–H groups in total. The Hall–Kier alpha value is -2.51. The van der Waals surface area contributed by atoms with Crippen LogP contribution in [-0.4, -0.2) is 66.9 Å². The topological polar surface area (TPSA) is 88.1 Å². The molecule has 1 fully saturated rings. The largest absolute Gasteiger partial charge is 0.490 e. The molecule has 0 radical (unpaired) electrons. The summed E-state index contributed by atoms with van der Waals surface area (Å²) < 4.78 is 10.9. The number of hydrogen-bond donors (Lipinski definition) is 2. The Labute approximate surface area is 155 Å². The highest BCUT2D eigenvalue weighted by atomic mass is 16.6. The molecule has 0 spiro atoms. The molecule has 144 valence electrons. The lowest BCUT2D eigenvalue weighted by atomic mass is 10.2. The van der Waals surface area contributed by atoms with Crippen LogP contribution in [0.4, 0.5) is 4.79 Å². The van der Waals surface area contributed by atoms with E-state index in [0.29, 0.717) is 19.7 Å². The van der Waals surface area contributed by atoms with Crippen molar-refractivity contribution in [2.45, 2.75) is 38.8 Å². The number of amides is 1. The summed E-state index contributed by atoms with van der Waals surface area (Å²) in [5.74, 6) is 1.54. The van der Waals surface area contributed by atoms with E-state index in [1.807, 2.05) is 32.9 Å². The minimum atomic E-state index is -0.492. The van der Waals surface area contributed by atoms with E-state index >= 15 is 0 Å². The fourth-order valence-electron chi connectivity index (χ4n) is 2.64. The molecule has 1 aliphatic heterocycles. The zero-order chi connectivity index (χ0) is 19.0. The van der Waals surface area contributed by atoms with E-state index in [2.05, 4.69) is 25.5 Å². The van der Waals surface area contributed by atoms with Crippen molar-refractivity contribution in [3.8, 4) is 5.75 Å². The minimum absolute atomic E-state index is 0.0510. The van der Waals surface area contributed by atoms with Gasteiger partial charge in [-0.2, -0.15) is 0 Å². The third kappa shape index (κ3) is 6.78. The van der Waals surface area contributed by atoms with Crippen molar-refractivity contribution in [3.63, 3.8) is 0 Å². The quantitative estimate of drug-likeness (QED) is 0.470. The summed E-state index contributed by atoms with van der Waals surface area (Å²) in [7, 11) is 1.75. The first-order valence-electron chi connectivity index (χ1n) is 8.85. The smallest absolute Gasteiger partial charge is 0.407 e. The molecule has 0 bridgehead atoms. The number of guanidine groups is 1. The van der Waals surface area contributed by atoms with Gasteiger partial charge in [-0.05, 0) is 39.3 Å². The molecular formula is C18H29N5O3. The van der Waals surface area contributed by atoms with Gasteiger partial charge in [0.1, 0.15) is 18.0 Å². The van der Waals surface area contributed by atoms with Gasteiger partial charge < -0.3 is 25.0 Å². The van der Waals surface area contributed by atoms with Crippen molar-refractivity contribution >= 4 is 12.1 Å². The maximum atomic E-state index is 11.9. The molecule has 2 rings (SSSR count). The number of ether oxygens (including phenoxy) is 2. The van der Waals surface area contributed by atoms with Crippen molar-refractivity contribution in [1.29, 1.82) is 0 Å². The molecular weight excluding hydrogens is 334 g/mol. The molecule has 1 aliphatic rings. The van der Waals surface area contributed by atoms with Crippen molar-refractivity contribution < 1.29 is 14.3 Å². The van der Waals surface area contributed by atoms with Crippen LogP contribution in [0.25, 0.3) is 0 Å². The fraction of sp³-hybridized carbons (Fsp3) is 0.611. The van der Waals surface area contributed by atoms with E-state index in [-0.39, 0.29) is 12.1 Å². The van der Waals surface area contributed by atoms with Gasteiger partial charge in [-0.15, -0.1) is 0 Å². The standard InChI is InChI=1S/C18H29N5O3/c1-18(2,3)26-17(24)22-14-7-10-23(13-14)16(19-4)21-9-11-25-15-6-5-8-20-12-15/h5-6,8,12,14H,7,9-11,13H2,1-4H3,(H,19,21)(H,22,24). The molecule has 0 saturated carbocycles. The highest BCUT2D eigenvalue weighted by Gasteiger charge is 2.27. The van der Waals surface area contributed by atoms with Gasteiger partial charge in [-0.1, -0.05) is 0 Å². The van der Waals surface area contributed by atoms with Crippen molar-refractivity contribution in [3.05, 3.63) is 24.5 Å². The fourth-order valence-corrected chi connectivity index (χ4v) is 2.64. The molecule has 1 amide bonds. The molecule has 1 atom stereocenters. The lowest BCUT2D eigenvalue weighted by Gasteiger charge is -2.23. The number of aromatic nitrogens is 1. The van der Waals surface area contributed by atoms with Crippen LogP contribution in [-0.2, 0) is 4.74 Å². The molecule has 26 heavy (non-hydrogen) atoms. The number of aliphatic imine (C=N–C) groups is 1. The van der Waals surface area contributed by atoms with Crippen molar-refractivity contribution in [2.24, 2.45) is 4.99 Å². The van der Waals surface area contributed by atoms with Crippen LogP contribution < -0.4 is 15.4 Å². The Morgan fingerprint density at radius 1 is 1.46 bits per heavy atom. The number of rotatable bonds is 5. The first kappa shape index (κ1) is 19.8. The Bertz CT molecular complexity index is 601. The highest BCUT2D eigenvalue weighted by molar-refractivity contribution is 5.80. The molecule has 8 nitrogen and oxygen atoms in total. The summed E-state index contributed by atoms with van der Waals surface area (Å²) >= 11 is 0. The average molecular weight is 363 g/mol. The number of hydrogen-bond acceptors (Lipinski definition) is 5. The second-order valence-electron chi connectivity index (χ2n) is 7.09. The van der Waals surface area contributed by atoms with Gasteiger partial charge in [0.25, 0.3) is 0 Å². The summed E-state index contributed by atoms with van der Waals surface area (Å²) in [6.07, 6.45) is 3.87. The van der Waals surface area contributed by atoms with Gasteiger partial charge in [-0.3, -0.25) is 9.98 Å². The second kappa shape index (κ2) is 9.26. The maximum Gasteiger partial charge on any atom is 0.407 e. The summed E-state index contributed by atoms with van der Waals surface area (Å²) in [4.78, 5) is 22.3. The summed E-state index contributed by atoms with van der Waals surface area (Å²) in [5.41, 5.74) is -0.492. The highest BCUT2D eigenvalue weighted by Crippen LogP contribution is 2.12. The van der Waals surface area contributed by atoms with Crippen molar-refractivity contribution in [2.75, 3.05) is 33.3 Å². The monoisotopic (exact) mass is 363 g/mol. The normalized spacial score (nSPS) is 17.8. The Morgan fingerprint density at radius 3 is 2.92 bits per heavy atom. The van der Waals surface area contributed by atoms with Crippen LogP contribution in [0.1, 0.15) is 27.2 Å². The van der Waals surface area contributed by atoms with E-state index in [4.69, 9.17) is 9.47 Å². The predicted octanol–water partition coefficient (Wildman–Crippen LogP) is 1.63. The Morgan fingerprint density at radius 2 is 2.27 bits per heavy atom. The van der Waals surface area contributed by atoms with Gasteiger partial charge in [0, 0.05) is 26.3 Å².